The number of rotatable bonds is 6. The molecule has 2 rings (SSSR count). The minimum atomic E-state index is -5.78. The van der Waals surface area contributed by atoms with Crippen molar-refractivity contribution < 1.29 is 36.6 Å². The summed E-state index contributed by atoms with van der Waals surface area (Å²) in [5.74, 6) is -0.864. The van der Waals surface area contributed by atoms with Crippen molar-refractivity contribution in [1.82, 2.24) is 0 Å². The average Bonchev–Trinajstić information content (AvgIpc) is 2.57. The van der Waals surface area contributed by atoms with Gasteiger partial charge >= 0.3 is 12.4 Å². The molecule has 0 saturated carbocycles. The Labute approximate surface area is 176 Å². The van der Waals surface area contributed by atoms with Gasteiger partial charge in [-0.25, -0.2) is 0 Å². The fourth-order valence-corrected chi connectivity index (χ4v) is 3.55. The Morgan fingerprint density at radius 3 is 1.29 bits per heavy atom. The maximum absolute atomic E-state index is 14.4. The van der Waals surface area contributed by atoms with Crippen LogP contribution in [-0.4, -0.2) is 22.6 Å². The van der Waals surface area contributed by atoms with E-state index in [-0.39, 0.29) is 24.0 Å². The fourth-order valence-electron chi connectivity index (χ4n) is 3.55. The molecule has 0 aromatic heterocycles. The van der Waals surface area contributed by atoms with Gasteiger partial charge in [0.2, 0.25) is 5.41 Å². The van der Waals surface area contributed by atoms with Gasteiger partial charge in [0.15, 0.2) is 0 Å². The van der Waals surface area contributed by atoms with Crippen LogP contribution in [0.5, 0.6) is 11.5 Å². The van der Waals surface area contributed by atoms with Crippen molar-refractivity contribution >= 4 is 0 Å². The summed E-state index contributed by atoms with van der Waals surface area (Å²) in [5.41, 5.74) is -5.87. The molecule has 0 heterocycles. The second-order valence-electron chi connectivity index (χ2n) is 7.70. The molecule has 0 unspecified atom stereocenters. The number of phenolic OH excluding ortho intramolecular Hbond substituents is 2. The van der Waals surface area contributed by atoms with E-state index < -0.39 is 40.4 Å². The first-order chi connectivity index (χ1) is 14.1. The predicted molar refractivity (Wildman–Crippen MR) is 106 cm³/mol. The monoisotopic (exact) mass is 444 g/mol. The van der Waals surface area contributed by atoms with E-state index in [0.717, 1.165) is 12.1 Å². The lowest BCUT2D eigenvalue weighted by atomic mass is 9.71. The van der Waals surface area contributed by atoms with Gasteiger partial charge in [0.25, 0.3) is 0 Å². The molecule has 0 amide bonds. The third-order valence-corrected chi connectivity index (χ3v) is 4.86. The molecule has 168 valence electrons. The summed E-state index contributed by atoms with van der Waals surface area (Å²) in [4.78, 5) is 0. The Hall–Kier alpha value is -2.90. The molecule has 0 atom stereocenters. The van der Waals surface area contributed by atoms with Crippen LogP contribution in [0, 0.1) is 0 Å². The number of alkyl halides is 6. The number of benzene rings is 2. The van der Waals surface area contributed by atoms with Crippen molar-refractivity contribution in [3.8, 4) is 11.5 Å². The van der Waals surface area contributed by atoms with Crippen LogP contribution < -0.4 is 0 Å². The fraction of sp³-hybridized carbons (Fsp3) is 0.304. The summed E-state index contributed by atoms with van der Waals surface area (Å²) in [7, 11) is 0. The summed E-state index contributed by atoms with van der Waals surface area (Å²) < 4.78 is 86.1. The number of halogens is 6. The summed E-state index contributed by atoms with van der Waals surface area (Å²) in [6, 6.07) is 4.27. The molecule has 8 heteroatoms. The minimum absolute atomic E-state index is 0.0953. The van der Waals surface area contributed by atoms with E-state index in [1.807, 2.05) is 0 Å². The van der Waals surface area contributed by atoms with Crippen LogP contribution in [0.2, 0.25) is 0 Å². The van der Waals surface area contributed by atoms with Crippen molar-refractivity contribution in [1.29, 1.82) is 0 Å². The number of hydrogen-bond acceptors (Lipinski definition) is 2. The molecule has 0 radical (unpaired) electrons. The zero-order valence-corrected chi connectivity index (χ0v) is 17.0. The molecule has 0 spiro atoms. The van der Waals surface area contributed by atoms with E-state index in [0.29, 0.717) is 35.4 Å². The Balaban J connectivity index is 2.94. The molecule has 2 N–H and O–H groups in total. The molecule has 31 heavy (non-hydrogen) atoms. The SMILES string of the molecule is C=C(C)Cc1cc(C(c2ccc(O)c(CC(=C)C)c2)(C(F)(F)F)C(F)(F)F)ccc1O. The normalized spacial score (nSPS) is 12.6. The highest BCUT2D eigenvalue weighted by atomic mass is 19.4. The Morgan fingerprint density at radius 2 is 1.03 bits per heavy atom. The topological polar surface area (TPSA) is 40.5 Å². The van der Waals surface area contributed by atoms with Crippen LogP contribution in [0.3, 0.4) is 0 Å². The van der Waals surface area contributed by atoms with E-state index in [4.69, 9.17) is 0 Å². The summed E-state index contributed by atoms with van der Waals surface area (Å²) in [6.45, 7) is 10.3. The van der Waals surface area contributed by atoms with Crippen LogP contribution in [0.1, 0.15) is 36.1 Å². The van der Waals surface area contributed by atoms with Crippen molar-refractivity contribution in [2.45, 2.75) is 44.5 Å². The van der Waals surface area contributed by atoms with Gasteiger partial charge in [0.1, 0.15) is 11.5 Å². The predicted octanol–water partition coefficient (Wildman–Crippen LogP) is 6.75. The third kappa shape index (κ3) is 4.57. The summed E-state index contributed by atoms with van der Waals surface area (Å²) >= 11 is 0. The van der Waals surface area contributed by atoms with Gasteiger partial charge in [-0.05, 0) is 61.1 Å². The summed E-state index contributed by atoms with van der Waals surface area (Å²) in [6.07, 6.45) is -11.7. The number of hydrogen-bond donors (Lipinski definition) is 2. The maximum atomic E-state index is 14.4. The van der Waals surface area contributed by atoms with E-state index in [2.05, 4.69) is 13.2 Å². The van der Waals surface area contributed by atoms with Crippen LogP contribution >= 0.6 is 0 Å². The van der Waals surface area contributed by atoms with E-state index in [1.54, 1.807) is 0 Å². The molecule has 0 aliphatic heterocycles. The lowest BCUT2D eigenvalue weighted by Crippen LogP contribution is -2.54. The van der Waals surface area contributed by atoms with E-state index >= 15 is 0 Å². The number of aromatic hydroxyl groups is 2. The molecule has 0 aliphatic carbocycles. The van der Waals surface area contributed by atoms with Crippen LogP contribution in [0.4, 0.5) is 26.3 Å². The molecule has 2 aromatic rings. The lowest BCUT2D eigenvalue weighted by Gasteiger charge is -2.39. The van der Waals surface area contributed by atoms with E-state index in [9.17, 15) is 36.6 Å². The van der Waals surface area contributed by atoms with Crippen LogP contribution in [0.15, 0.2) is 60.7 Å². The molecule has 2 aromatic carbocycles. The smallest absolute Gasteiger partial charge is 0.411 e. The minimum Gasteiger partial charge on any atom is -0.508 e. The Kier molecular flexibility index (Phi) is 6.54. The molecule has 0 saturated heterocycles. The van der Waals surface area contributed by atoms with Crippen LogP contribution in [-0.2, 0) is 18.3 Å². The lowest BCUT2D eigenvalue weighted by molar-refractivity contribution is -0.288. The first kappa shape index (κ1) is 24.4. The maximum Gasteiger partial charge on any atom is 0.411 e. The van der Waals surface area contributed by atoms with Gasteiger partial charge in [0.05, 0.1) is 0 Å². The van der Waals surface area contributed by atoms with Crippen LogP contribution in [0.25, 0.3) is 0 Å². The van der Waals surface area contributed by atoms with Gasteiger partial charge in [-0.1, -0.05) is 48.6 Å². The molecular formula is C23H22F6O2. The average molecular weight is 444 g/mol. The second kappa shape index (κ2) is 8.32. The zero-order valence-electron chi connectivity index (χ0n) is 17.0. The molecule has 2 nitrogen and oxygen atoms in total. The van der Waals surface area contributed by atoms with Gasteiger partial charge in [-0.15, -0.1) is 0 Å². The van der Waals surface area contributed by atoms with Gasteiger partial charge in [-0.3, -0.25) is 0 Å². The number of allylic oxidation sites excluding steroid dienone is 2. The van der Waals surface area contributed by atoms with E-state index in [1.165, 1.54) is 13.8 Å². The third-order valence-electron chi connectivity index (χ3n) is 4.86. The van der Waals surface area contributed by atoms with Crippen molar-refractivity contribution in [2.75, 3.05) is 0 Å². The molecule has 0 fully saturated rings. The largest absolute Gasteiger partial charge is 0.508 e. The van der Waals surface area contributed by atoms with Gasteiger partial charge in [0, 0.05) is 0 Å². The highest BCUT2D eigenvalue weighted by molar-refractivity contribution is 5.51. The zero-order chi connectivity index (χ0) is 23.8. The highest BCUT2D eigenvalue weighted by Gasteiger charge is 2.72. The molecular weight excluding hydrogens is 422 g/mol. The van der Waals surface area contributed by atoms with Gasteiger partial charge < -0.3 is 10.2 Å². The summed E-state index contributed by atoms with van der Waals surface area (Å²) in [5, 5.41) is 19.9. The van der Waals surface area contributed by atoms with Crippen molar-refractivity contribution in [2.24, 2.45) is 0 Å². The van der Waals surface area contributed by atoms with Gasteiger partial charge in [-0.2, -0.15) is 26.3 Å². The second-order valence-corrected chi connectivity index (χ2v) is 7.70. The standard InChI is InChI=1S/C23H22F6O2/c1-13(2)9-15-11-17(5-7-19(15)30)21(22(24,25)26,23(27,28)29)18-6-8-20(31)16(12-18)10-14(3)4/h5-8,11-12,30-31H,1,3,9-10H2,2,4H3. The Morgan fingerprint density at radius 1 is 0.710 bits per heavy atom. The first-order valence-corrected chi connectivity index (χ1v) is 9.18. The Bertz CT molecular complexity index is 921. The number of phenols is 2. The quantitative estimate of drug-likeness (QED) is 0.382. The van der Waals surface area contributed by atoms with Crippen molar-refractivity contribution in [3.63, 3.8) is 0 Å². The molecule has 0 aliphatic rings. The molecule has 0 bridgehead atoms. The highest BCUT2D eigenvalue weighted by Crippen LogP contribution is 2.57. The first-order valence-electron chi connectivity index (χ1n) is 9.18. The van der Waals surface area contributed by atoms with Crippen molar-refractivity contribution in [3.05, 3.63) is 83.0 Å².